The van der Waals surface area contributed by atoms with E-state index in [4.69, 9.17) is 14.4 Å². The molecule has 0 aliphatic carbocycles. The molecular formula is C10H7NO2. The zero-order valence-corrected chi connectivity index (χ0v) is 7.07. The summed E-state index contributed by atoms with van der Waals surface area (Å²) in [4.78, 5) is 0. The molecule has 2 rings (SSSR count). The predicted octanol–water partition coefficient (Wildman–Crippen LogP) is 2.31. The molecule has 2 aromatic rings. The zero-order chi connectivity index (χ0) is 9.26. The van der Waals surface area contributed by atoms with Crippen molar-refractivity contribution in [3.8, 4) is 11.8 Å². The quantitative estimate of drug-likeness (QED) is 0.664. The monoisotopic (exact) mass is 173 g/mol. The molecule has 0 bridgehead atoms. The lowest BCUT2D eigenvalue weighted by Gasteiger charge is -2.01. The summed E-state index contributed by atoms with van der Waals surface area (Å²) in [7, 11) is 1.53. The summed E-state index contributed by atoms with van der Waals surface area (Å²) < 4.78 is 10.3. The number of rotatable bonds is 1. The molecule has 0 radical (unpaired) electrons. The molecule has 0 atom stereocenters. The van der Waals surface area contributed by atoms with Gasteiger partial charge in [-0.05, 0) is 18.2 Å². The van der Waals surface area contributed by atoms with Gasteiger partial charge in [0.25, 0.3) is 0 Å². The van der Waals surface area contributed by atoms with Gasteiger partial charge in [-0.25, -0.2) is 0 Å². The van der Waals surface area contributed by atoms with Crippen LogP contribution < -0.4 is 4.74 Å². The van der Waals surface area contributed by atoms with Gasteiger partial charge in [-0.3, -0.25) is 0 Å². The van der Waals surface area contributed by atoms with Gasteiger partial charge < -0.3 is 9.15 Å². The number of benzene rings is 1. The summed E-state index contributed by atoms with van der Waals surface area (Å²) in [6.45, 7) is 0. The fourth-order valence-corrected chi connectivity index (χ4v) is 1.30. The van der Waals surface area contributed by atoms with Crippen LogP contribution in [0, 0.1) is 11.3 Å². The van der Waals surface area contributed by atoms with Gasteiger partial charge in [0.05, 0.1) is 18.9 Å². The molecule has 1 heterocycles. The van der Waals surface area contributed by atoms with E-state index in [-0.39, 0.29) is 0 Å². The van der Waals surface area contributed by atoms with Crippen LogP contribution in [-0.4, -0.2) is 7.11 Å². The Bertz CT molecular complexity index is 479. The number of ether oxygens (including phenoxy) is 1. The number of furan rings is 1. The summed E-state index contributed by atoms with van der Waals surface area (Å²) in [6, 6.07) is 7.43. The first-order valence-corrected chi connectivity index (χ1v) is 3.81. The predicted molar refractivity (Wildman–Crippen MR) is 47.5 cm³/mol. The number of fused-ring (bicyclic) bond motifs is 1. The maximum atomic E-state index is 8.77. The van der Waals surface area contributed by atoms with E-state index in [9.17, 15) is 0 Å². The lowest BCUT2D eigenvalue weighted by atomic mass is 10.1. The molecule has 0 spiro atoms. The molecular weight excluding hydrogens is 166 g/mol. The van der Waals surface area contributed by atoms with Crippen LogP contribution in [0.1, 0.15) is 5.56 Å². The topological polar surface area (TPSA) is 46.2 Å². The Hall–Kier alpha value is -1.95. The van der Waals surface area contributed by atoms with E-state index >= 15 is 0 Å². The van der Waals surface area contributed by atoms with Crippen LogP contribution in [0.2, 0.25) is 0 Å². The molecule has 0 amide bonds. The van der Waals surface area contributed by atoms with Crippen LogP contribution in [0.5, 0.6) is 5.75 Å². The molecule has 0 fully saturated rings. The first-order chi connectivity index (χ1) is 6.36. The summed E-state index contributed by atoms with van der Waals surface area (Å²) in [5.74, 6) is 0.505. The molecule has 0 saturated carbocycles. The largest absolute Gasteiger partial charge is 0.492 e. The van der Waals surface area contributed by atoms with Gasteiger partial charge in [-0.2, -0.15) is 5.26 Å². The van der Waals surface area contributed by atoms with E-state index in [1.54, 1.807) is 12.3 Å². The van der Waals surface area contributed by atoms with Gasteiger partial charge in [0.2, 0.25) is 0 Å². The Morgan fingerprint density at radius 2 is 2.23 bits per heavy atom. The highest BCUT2D eigenvalue weighted by atomic mass is 16.5. The molecule has 0 N–H and O–H groups in total. The number of nitrogens with zero attached hydrogens (tertiary/aromatic N) is 1. The van der Waals surface area contributed by atoms with Crippen molar-refractivity contribution in [2.24, 2.45) is 0 Å². The first kappa shape index (κ1) is 7.69. The fourth-order valence-electron chi connectivity index (χ4n) is 1.30. The Morgan fingerprint density at radius 3 is 2.92 bits per heavy atom. The number of hydrogen-bond acceptors (Lipinski definition) is 3. The minimum Gasteiger partial charge on any atom is -0.492 e. The molecule has 0 unspecified atom stereocenters. The summed E-state index contributed by atoms with van der Waals surface area (Å²) in [5.41, 5.74) is 1.12. The number of nitriles is 1. The minimum atomic E-state index is 0.491. The molecule has 0 aliphatic heterocycles. The SMILES string of the molecule is COc1c(C#N)ccc2ccoc12. The Kier molecular flexibility index (Phi) is 1.67. The second-order valence-corrected chi connectivity index (χ2v) is 2.60. The van der Waals surface area contributed by atoms with E-state index in [2.05, 4.69) is 0 Å². The van der Waals surface area contributed by atoms with Gasteiger partial charge in [-0.1, -0.05) is 0 Å². The van der Waals surface area contributed by atoms with E-state index in [1.165, 1.54) is 7.11 Å². The smallest absolute Gasteiger partial charge is 0.179 e. The lowest BCUT2D eigenvalue weighted by molar-refractivity contribution is 0.409. The highest BCUT2D eigenvalue weighted by molar-refractivity contribution is 5.85. The molecule has 3 nitrogen and oxygen atoms in total. The average molecular weight is 173 g/mol. The van der Waals surface area contributed by atoms with Crippen molar-refractivity contribution in [1.29, 1.82) is 5.26 Å². The van der Waals surface area contributed by atoms with Gasteiger partial charge in [0.15, 0.2) is 11.3 Å². The first-order valence-electron chi connectivity index (χ1n) is 3.81. The van der Waals surface area contributed by atoms with Crippen molar-refractivity contribution in [2.75, 3.05) is 7.11 Å². The van der Waals surface area contributed by atoms with Gasteiger partial charge in [-0.15, -0.1) is 0 Å². The van der Waals surface area contributed by atoms with Crippen molar-refractivity contribution in [3.05, 3.63) is 30.0 Å². The van der Waals surface area contributed by atoms with Crippen LogP contribution >= 0.6 is 0 Å². The standard InChI is InChI=1S/C10H7NO2/c1-12-9-8(6-11)3-2-7-4-5-13-10(7)9/h2-5H,1H3. The highest BCUT2D eigenvalue weighted by Crippen LogP contribution is 2.29. The number of methoxy groups -OCH3 is 1. The molecule has 13 heavy (non-hydrogen) atoms. The molecule has 1 aromatic carbocycles. The highest BCUT2D eigenvalue weighted by Gasteiger charge is 2.09. The van der Waals surface area contributed by atoms with Gasteiger partial charge >= 0.3 is 0 Å². The maximum Gasteiger partial charge on any atom is 0.179 e. The van der Waals surface area contributed by atoms with E-state index in [0.29, 0.717) is 16.9 Å². The Balaban J connectivity index is 2.84. The van der Waals surface area contributed by atoms with Crippen LogP contribution in [0.15, 0.2) is 28.9 Å². The fraction of sp³-hybridized carbons (Fsp3) is 0.100. The third-order valence-corrected chi connectivity index (χ3v) is 1.90. The third kappa shape index (κ3) is 1.04. The summed E-state index contributed by atoms with van der Waals surface area (Å²) in [6.07, 6.45) is 1.58. The number of hydrogen-bond donors (Lipinski definition) is 0. The van der Waals surface area contributed by atoms with Crippen LogP contribution in [0.25, 0.3) is 11.0 Å². The van der Waals surface area contributed by atoms with Crippen molar-refractivity contribution in [3.63, 3.8) is 0 Å². The molecule has 0 saturated heterocycles. The normalized spacial score (nSPS) is 9.85. The second-order valence-electron chi connectivity index (χ2n) is 2.60. The molecule has 0 aliphatic rings. The van der Waals surface area contributed by atoms with E-state index in [0.717, 1.165) is 5.39 Å². The lowest BCUT2D eigenvalue weighted by Crippen LogP contribution is -1.87. The molecule has 3 heteroatoms. The van der Waals surface area contributed by atoms with Crippen LogP contribution in [0.4, 0.5) is 0 Å². The Morgan fingerprint density at radius 1 is 1.38 bits per heavy atom. The molecule has 1 aromatic heterocycles. The van der Waals surface area contributed by atoms with Gasteiger partial charge in [0.1, 0.15) is 6.07 Å². The van der Waals surface area contributed by atoms with Crippen molar-refractivity contribution >= 4 is 11.0 Å². The Labute approximate surface area is 75.1 Å². The summed E-state index contributed by atoms with van der Waals surface area (Å²) >= 11 is 0. The van der Waals surface area contributed by atoms with Crippen LogP contribution in [-0.2, 0) is 0 Å². The van der Waals surface area contributed by atoms with E-state index in [1.807, 2.05) is 18.2 Å². The average Bonchev–Trinajstić information content (AvgIpc) is 2.63. The van der Waals surface area contributed by atoms with Crippen molar-refractivity contribution < 1.29 is 9.15 Å². The van der Waals surface area contributed by atoms with Crippen molar-refractivity contribution in [2.45, 2.75) is 0 Å². The van der Waals surface area contributed by atoms with E-state index < -0.39 is 0 Å². The van der Waals surface area contributed by atoms with Crippen molar-refractivity contribution in [1.82, 2.24) is 0 Å². The molecule has 64 valence electrons. The third-order valence-electron chi connectivity index (χ3n) is 1.90. The zero-order valence-electron chi connectivity index (χ0n) is 7.07. The second kappa shape index (κ2) is 2.83. The minimum absolute atomic E-state index is 0.491. The van der Waals surface area contributed by atoms with Gasteiger partial charge in [0, 0.05) is 5.39 Å². The maximum absolute atomic E-state index is 8.77. The summed E-state index contributed by atoms with van der Waals surface area (Å²) in [5, 5.41) is 9.72. The van der Waals surface area contributed by atoms with Crippen LogP contribution in [0.3, 0.4) is 0 Å².